The number of Topliss-reactive ketones (excluding diaryl/α,β-unsaturated/α-hetero) is 1. The molecule has 0 aliphatic carbocycles. The molecule has 0 radical (unpaired) electrons. The molecular formula is C11H12BrClO2. The van der Waals surface area contributed by atoms with Gasteiger partial charge in [-0.3, -0.25) is 4.79 Å². The Morgan fingerprint density at radius 2 is 2.20 bits per heavy atom. The lowest BCUT2D eigenvalue weighted by Gasteiger charge is -2.07. The van der Waals surface area contributed by atoms with Crippen molar-refractivity contribution in [2.45, 2.75) is 19.2 Å². The van der Waals surface area contributed by atoms with E-state index in [4.69, 9.17) is 16.3 Å². The van der Waals surface area contributed by atoms with Gasteiger partial charge in [-0.25, -0.2) is 0 Å². The van der Waals surface area contributed by atoms with E-state index in [1.54, 1.807) is 19.1 Å². The van der Waals surface area contributed by atoms with Crippen molar-refractivity contribution >= 4 is 33.3 Å². The van der Waals surface area contributed by atoms with Crippen LogP contribution in [0.5, 0.6) is 5.75 Å². The normalized spacial score (nSPS) is 12.3. The lowest BCUT2D eigenvalue weighted by Crippen LogP contribution is -2.10. The van der Waals surface area contributed by atoms with Gasteiger partial charge in [-0.1, -0.05) is 15.9 Å². The molecule has 0 aromatic heterocycles. The summed E-state index contributed by atoms with van der Waals surface area (Å²) in [4.78, 5) is 11.6. The van der Waals surface area contributed by atoms with Crippen LogP contribution >= 0.6 is 27.5 Å². The lowest BCUT2D eigenvalue weighted by atomic mass is 10.1. The van der Waals surface area contributed by atoms with E-state index in [0.29, 0.717) is 17.9 Å². The zero-order valence-electron chi connectivity index (χ0n) is 8.59. The summed E-state index contributed by atoms with van der Waals surface area (Å²) in [5, 5.41) is -0.520. The van der Waals surface area contributed by atoms with E-state index >= 15 is 0 Å². The first-order valence-corrected chi connectivity index (χ1v) is 5.89. The Labute approximate surface area is 103 Å². The van der Waals surface area contributed by atoms with Crippen molar-refractivity contribution in [2.24, 2.45) is 0 Å². The third kappa shape index (κ3) is 3.50. The number of halogens is 2. The van der Waals surface area contributed by atoms with Crippen LogP contribution in [0.2, 0.25) is 0 Å². The molecule has 0 heterocycles. The second kappa shape index (κ2) is 5.52. The van der Waals surface area contributed by atoms with E-state index in [1.807, 2.05) is 13.0 Å². The fraction of sp³-hybridized carbons (Fsp3) is 0.364. The maximum absolute atomic E-state index is 11.6. The van der Waals surface area contributed by atoms with E-state index in [1.165, 1.54) is 0 Å². The quantitative estimate of drug-likeness (QED) is 0.625. The topological polar surface area (TPSA) is 26.3 Å². The first-order chi connectivity index (χ1) is 7.04. The molecule has 1 atom stereocenters. The Kier molecular flexibility index (Phi) is 4.61. The van der Waals surface area contributed by atoms with Crippen LogP contribution < -0.4 is 4.74 Å². The van der Waals surface area contributed by atoms with Crippen molar-refractivity contribution in [3.63, 3.8) is 0 Å². The standard InChI is InChI=1S/C11H12BrClO2/c1-3-15-10-5-8(4-9(12)6-10)11(14)7(2)13/h4-7H,3H2,1-2H3. The maximum atomic E-state index is 11.6. The average molecular weight is 292 g/mol. The van der Waals surface area contributed by atoms with Crippen LogP contribution in [0.3, 0.4) is 0 Å². The van der Waals surface area contributed by atoms with Gasteiger partial charge in [0.1, 0.15) is 5.75 Å². The van der Waals surface area contributed by atoms with Crippen LogP contribution in [-0.4, -0.2) is 17.8 Å². The minimum absolute atomic E-state index is 0.0982. The molecule has 0 aliphatic heterocycles. The smallest absolute Gasteiger partial charge is 0.180 e. The second-order valence-electron chi connectivity index (χ2n) is 3.09. The van der Waals surface area contributed by atoms with Crippen molar-refractivity contribution in [1.29, 1.82) is 0 Å². The number of alkyl halides is 1. The Morgan fingerprint density at radius 3 is 2.73 bits per heavy atom. The summed E-state index contributed by atoms with van der Waals surface area (Å²) in [6.45, 7) is 4.12. The van der Waals surface area contributed by atoms with Gasteiger partial charge >= 0.3 is 0 Å². The molecule has 1 aromatic carbocycles. The number of rotatable bonds is 4. The highest BCUT2D eigenvalue weighted by Gasteiger charge is 2.13. The first-order valence-electron chi connectivity index (χ1n) is 4.66. The molecule has 2 nitrogen and oxygen atoms in total. The van der Waals surface area contributed by atoms with E-state index in [9.17, 15) is 4.79 Å². The van der Waals surface area contributed by atoms with Gasteiger partial charge in [0.25, 0.3) is 0 Å². The summed E-state index contributed by atoms with van der Waals surface area (Å²) in [5.74, 6) is 0.575. The lowest BCUT2D eigenvalue weighted by molar-refractivity contribution is 0.0991. The van der Waals surface area contributed by atoms with Gasteiger partial charge < -0.3 is 4.74 Å². The highest BCUT2D eigenvalue weighted by Crippen LogP contribution is 2.23. The molecule has 0 aliphatic rings. The molecule has 0 amide bonds. The van der Waals surface area contributed by atoms with Crippen molar-refractivity contribution in [1.82, 2.24) is 0 Å². The summed E-state index contributed by atoms with van der Waals surface area (Å²) in [6, 6.07) is 5.26. The van der Waals surface area contributed by atoms with E-state index < -0.39 is 5.38 Å². The van der Waals surface area contributed by atoms with Gasteiger partial charge in [0, 0.05) is 10.0 Å². The Hall–Kier alpha value is -0.540. The van der Waals surface area contributed by atoms with Gasteiger partial charge in [0.2, 0.25) is 0 Å². The number of ketones is 1. The highest BCUT2D eigenvalue weighted by molar-refractivity contribution is 9.10. The predicted molar refractivity (Wildman–Crippen MR) is 65.0 cm³/mol. The van der Waals surface area contributed by atoms with Gasteiger partial charge in [-0.05, 0) is 32.0 Å². The van der Waals surface area contributed by atoms with Crippen molar-refractivity contribution < 1.29 is 9.53 Å². The Balaban J connectivity index is 3.03. The molecular weight excluding hydrogens is 279 g/mol. The van der Waals surface area contributed by atoms with Crippen molar-refractivity contribution in [3.8, 4) is 5.75 Å². The summed E-state index contributed by atoms with van der Waals surface area (Å²) < 4.78 is 6.15. The molecule has 15 heavy (non-hydrogen) atoms. The summed E-state index contributed by atoms with van der Waals surface area (Å²) in [5.41, 5.74) is 0.565. The number of benzene rings is 1. The number of hydrogen-bond acceptors (Lipinski definition) is 2. The van der Waals surface area contributed by atoms with Crippen LogP contribution in [0.1, 0.15) is 24.2 Å². The van der Waals surface area contributed by atoms with Gasteiger partial charge in [0.15, 0.2) is 5.78 Å². The molecule has 1 unspecified atom stereocenters. The summed E-state index contributed by atoms with van der Waals surface area (Å²) in [7, 11) is 0. The third-order valence-electron chi connectivity index (χ3n) is 1.83. The third-order valence-corrected chi connectivity index (χ3v) is 2.48. The van der Waals surface area contributed by atoms with Crippen molar-refractivity contribution in [2.75, 3.05) is 6.61 Å². The SMILES string of the molecule is CCOc1cc(Br)cc(C(=O)C(C)Cl)c1. The second-order valence-corrected chi connectivity index (χ2v) is 4.66. The zero-order valence-corrected chi connectivity index (χ0v) is 10.9. The molecule has 1 rings (SSSR count). The van der Waals surface area contributed by atoms with Crippen LogP contribution in [-0.2, 0) is 0 Å². The van der Waals surface area contributed by atoms with Gasteiger partial charge in [0.05, 0.1) is 12.0 Å². The molecule has 82 valence electrons. The molecule has 0 saturated carbocycles. The first kappa shape index (κ1) is 12.5. The number of carbonyl (C=O) groups excluding carboxylic acids is 1. The molecule has 4 heteroatoms. The van der Waals surface area contributed by atoms with Crippen molar-refractivity contribution in [3.05, 3.63) is 28.2 Å². The average Bonchev–Trinajstić information content (AvgIpc) is 2.16. The number of carbonyl (C=O) groups is 1. The maximum Gasteiger partial charge on any atom is 0.180 e. The van der Waals surface area contributed by atoms with Crippen LogP contribution in [0, 0.1) is 0 Å². The molecule has 0 spiro atoms. The highest BCUT2D eigenvalue weighted by atomic mass is 79.9. The molecule has 0 saturated heterocycles. The molecule has 0 fully saturated rings. The minimum Gasteiger partial charge on any atom is -0.494 e. The zero-order chi connectivity index (χ0) is 11.4. The monoisotopic (exact) mass is 290 g/mol. The van der Waals surface area contributed by atoms with Crippen LogP contribution in [0.15, 0.2) is 22.7 Å². The van der Waals surface area contributed by atoms with E-state index in [0.717, 1.165) is 4.47 Å². The number of hydrogen-bond donors (Lipinski definition) is 0. The Morgan fingerprint density at radius 1 is 1.53 bits per heavy atom. The van der Waals surface area contributed by atoms with E-state index in [2.05, 4.69) is 15.9 Å². The summed E-state index contributed by atoms with van der Waals surface area (Å²) in [6.07, 6.45) is 0. The van der Waals surface area contributed by atoms with E-state index in [-0.39, 0.29) is 5.78 Å². The minimum atomic E-state index is -0.520. The van der Waals surface area contributed by atoms with Gasteiger partial charge in [-0.2, -0.15) is 0 Å². The largest absolute Gasteiger partial charge is 0.494 e. The Bertz CT molecular complexity index is 364. The molecule has 1 aromatic rings. The molecule has 0 N–H and O–H groups in total. The fourth-order valence-corrected chi connectivity index (χ4v) is 1.78. The van der Waals surface area contributed by atoms with Gasteiger partial charge in [-0.15, -0.1) is 11.6 Å². The molecule has 0 bridgehead atoms. The van der Waals surface area contributed by atoms with Crippen LogP contribution in [0.4, 0.5) is 0 Å². The van der Waals surface area contributed by atoms with Crippen LogP contribution in [0.25, 0.3) is 0 Å². The number of ether oxygens (including phenoxy) is 1. The predicted octanol–water partition coefficient (Wildman–Crippen LogP) is 3.66. The summed E-state index contributed by atoms with van der Waals surface area (Å²) >= 11 is 9.06. The fourth-order valence-electron chi connectivity index (χ4n) is 1.18.